The maximum Gasteiger partial charge on any atom is 0.295 e. The number of carbonyl (C=O) groups excluding carboxylic acids is 2. The van der Waals surface area contributed by atoms with E-state index in [1.807, 2.05) is 50.2 Å². The van der Waals surface area contributed by atoms with Crippen molar-refractivity contribution in [2.24, 2.45) is 0 Å². The van der Waals surface area contributed by atoms with Gasteiger partial charge in [-0.2, -0.15) is 0 Å². The van der Waals surface area contributed by atoms with Crippen molar-refractivity contribution in [1.29, 1.82) is 0 Å². The first-order chi connectivity index (χ1) is 15.4. The van der Waals surface area contributed by atoms with Gasteiger partial charge in [-0.3, -0.25) is 9.59 Å². The fourth-order valence-electron chi connectivity index (χ4n) is 4.01. The van der Waals surface area contributed by atoms with E-state index >= 15 is 0 Å². The molecule has 1 unspecified atom stereocenters. The Bertz CT molecular complexity index is 995. The average Bonchev–Trinajstić information content (AvgIpc) is 3.04. The number of ketones is 1. The topological polar surface area (TPSA) is 70.1 Å². The Morgan fingerprint density at radius 3 is 2.44 bits per heavy atom. The number of aliphatic hydroxyl groups excluding tert-OH is 1. The third-order valence-corrected chi connectivity index (χ3v) is 5.67. The van der Waals surface area contributed by atoms with E-state index in [-0.39, 0.29) is 11.3 Å². The van der Waals surface area contributed by atoms with Crippen LogP contribution in [0.4, 0.5) is 0 Å². The summed E-state index contributed by atoms with van der Waals surface area (Å²) in [7, 11) is 3.95. The van der Waals surface area contributed by atoms with Crippen LogP contribution in [0.1, 0.15) is 43.0 Å². The van der Waals surface area contributed by atoms with Gasteiger partial charge in [0.1, 0.15) is 11.5 Å². The molecule has 2 aromatic carbocycles. The minimum Gasteiger partial charge on any atom is -0.507 e. The Balaban J connectivity index is 2.08. The molecular formula is C26H32N2O4. The van der Waals surface area contributed by atoms with Gasteiger partial charge in [-0.05, 0) is 63.7 Å². The van der Waals surface area contributed by atoms with E-state index in [4.69, 9.17) is 4.74 Å². The fourth-order valence-corrected chi connectivity index (χ4v) is 4.01. The summed E-state index contributed by atoms with van der Waals surface area (Å²) < 4.78 is 5.54. The van der Waals surface area contributed by atoms with Crippen LogP contribution < -0.4 is 4.74 Å². The Morgan fingerprint density at radius 1 is 1.09 bits per heavy atom. The quantitative estimate of drug-likeness (QED) is 0.365. The van der Waals surface area contributed by atoms with Crippen LogP contribution in [-0.2, 0) is 16.0 Å². The molecule has 1 saturated heterocycles. The number of aryl methyl sites for hydroxylation is 1. The van der Waals surface area contributed by atoms with E-state index in [0.717, 1.165) is 24.9 Å². The first kappa shape index (κ1) is 23.5. The van der Waals surface area contributed by atoms with Crippen LogP contribution in [0.2, 0.25) is 0 Å². The summed E-state index contributed by atoms with van der Waals surface area (Å²) in [5, 5.41) is 11.2. The minimum absolute atomic E-state index is 0.123. The van der Waals surface area contributed by atoms with E-state index in [9.17, 15) is 14.7 Å². The molecule has 0 spiro atoms. The maximum atomic E-state index is 13.1. The number of likely N-dealkylation sites (tertiary alicyclic amines) is 1. The summed E-state index contributed by atoms with van der Waals surface area (Å²) >= 11 is 0. The molecule has 170 valence electrons. The lowest BCUT2D eigenvalue weighted by Crippen LogP contribution is -2.32. The van der Waals surface area contributed by atoms with E-state index < -0.39 is 17.7 Å². The van der Waals surface area contributed by atoms with Crippen molar-refractivity contribution in [1.82, 2.24) is 9.80 Å². The summed E-state index contributed by atoms with van der Waals surface area (Å²) in [6, 6.07) is 14.2. The number of carbonyl (C=O) groups is 2. The molecular weight excluding hydrogens is 404 g/mol. The number of hydrogen-bond acceptors (Lipinski definition) is 5. The third kappa shape index (κ3) is 5.02. The number of nitrogens with zero attached hydrogens (tertiary/aromatic N) is 2. The van der Waals surface area contributed by atoms with Gasteiger partial charge in [-0.1, -0.05) is 43.3 Å². The van der Waals surface area contributed by atoms with Gasteiger partial charge in [-0.15, -0.1) is 0 Å². The Morgan fingerprint density at radius 2 is 1.81 bits per heavy atom. The molecule has 1 atom stereocenters. The molecule has 1 fully saturated rings. The van der Waals surface area contributed by atoms with Crippen molar-refractivity contribution < 1.29 is 19.4 Å². The largest absolute Gasteiger partial charge is 0.507 e. The van der Waals surface area contributed by atoms with Gasteiger partial charge in [0, 0.05) is 12.1 Å². The lowest BCUT2D eigenvalue weighted by molar-refractivity contribution is -0.139. The second-order valence-electron chi connectivity index (χ2n) is 8.21. The van der Waals surface area contributed by atoms with Gasteiger partial charge in [0.15, 0.2) is 0 Å². The highest BCUT2D eigenvalue weighted by Gasteiger charge is 2.45. The smallest absolute Gasteiger partial charge is 0.295 e. The molecule has 3 rings (SSSR count). The molecule has 2 aromatic rings. The van der Waals surface area contributed by atoms with E-state index in [2.05, 4.69) is 6.92 Å². The minimum atomic E-state index is -0.654. The van der Waals surface area contributed by atoms with Crippen LogP contribution in [0.5, 0.6) is 5.75 Å². The second-order valence-corrected chi connectivity index (χ2v) is 8.21. The summed E-state index contributed by atoms with van der Waals surface area (Å²) in [5.74, 6) is -0.806. The summed E-state index contributed by atoms with van der Waals surface area (Å²) in [6.45, 7) is 5.67. The molecule has 6 heteroatoms. The Kier molecular flexibility index (Phi) is 7.70. The Hall–Kier alpha value is -3.12. The molecule has 1 N–H and O–H groups in total. The molecule has 0 radical (unpaired) electrons. The maximum absolute atomic E-state index is 13.1. The standard InChI is InChI=1S/C26H32N2O4/c1-5-18-11-13-19(14-12-18)23-22(24(29)20-9-7-10-21(17-20)32-6-2)25(30)26(31)28(23)16-8-15-27(3)4/h7,9-14,17,23,29H,5-6,8,15-16H2,1-4H3/b24-22+. The van der Waals surface area contributed by atoms with Crippen molar-refractivity contribution in [2.75, 3.05) is 33.8 Å². The van der Waals surface area contributed by atoms with E-state index in [1.54, 1.807) is 29.2 Å². The molecule has 32 heavy (non-hydrogen) atoms. The van der Waals surface area contributed by atoms with Crippen LogP contribution in [0, 0.1) is 0 Å². The lowest BCUT2D eigenvalue weighted by atomic mass is 9.94. The van der Waals surface area contributed by atoms with Gasteiger partial charge in [0.2, 0.25) is 0 Å². The zero-order valence-corrected chi connectivity index (χ0v) is 19.3. The normalized spacial score (nSPS) is 17.9. The van der Waals surface area contributed by atoms with Crippen LogP contribution in [0.3, 0.4) is 0 Å². The zero-order valence-electron chi connectivity index (χ0n) is 19.3. The molecule has 0 saturated carbocycles. The highest BCUT2D eigenvalue weighted by atomic mass is 16.5. The van der Waals surface area contributed by atoms with Crippen molar-refractivity contribution in [2.45, 2.75) is 32.7 Å². The molecule has 0 bridgehead atoms. The highest BCUT2D eigenvalue weighted by Crippen LogP contribution is 2.39. The zero-order chi connectivity index (χ0) is 23.3. The van der Waals surface area contributed by atoms with Gasteiger partial charge < -0.3 is 19.6 Å². The van der Waals surface area contributed by atoms with Gasteiger partial charge in [0.05, 0.1) is 18.2 Å². The molecule has 0 aromatic heterocycles. The number of Topliss-reactive ketones (excluding diaryl/α,β-unsaturated/α-hetero) is 1. The highest BCUT2D eigenvalue weighted by molar-refractivity contribution is 6.46. The van der Waals surface area contributed by atoms with Crippen molar-refractivity contribution in [3.8, 4) is 5.75 Å². The molecule has 1 heterocycles. The molecule has 1 aliphatic heterocycles. The summed E-state index contributed by atoms with van der Waals surface area (Å²) in [5.41, 5.74) is 2.56. The molecule has 1 aliphatic rings. The molecule has 1 amide bonds. The van der Waals surface area contributed by atoms with Gasteiger partial charge in [0.25, 0.3) is 11.7 Å². The number of benzene rings is 2. The van der Waals surface area contributed by atoms with Crippen molar-refractivity contribution in [3.63, 3.8) is 0 Å². The average molecular weight is 437 g/mol. The van der Waals surface area contributed by atoms with Crippen LogP contribution in [0.15, 0.2) is 54.1 Å². The second kappa shape index (κ2) is 10.5. The Labute approximate surface area is 190 Å². The fraction of sp³-hybridized carbons (Fsp3) is 0.385. The first-order valence-electron chi connectivity index (χ1n) is 11.1. The molecule has 0 aliphatic carbocycles. The van der Waals surface area contributed by atoms with E-state index in [0.29, 0.717) is 24.5 Å². The molecule has 6 nitrogen and oxygen atoms in total. The number of amides is 1. The van der Waals surface area contributed by atoms with Crippen LogP contribution >= 0.6 is 0 Å². The summed E-state index contributed by atoms with van der Waals surface area (Å²) in [4.78, 5) is 29.7. The summed E-state index contributed by atoms with van der Waals surface area (Å²) in [6.07, 6.45) is 1.62. The van der Waals surface area contributed by atoms with Crippen molar-refractivity contribution in [3.05, 3.63) is 70.8 Å². The first-order valence-corrected chi connectivity index (χ1v) is 11.1. The SMILES string of the molecule is CCOc1cccc(/C(O)=C2\C(=O)C(=O)N(CCCN(C)C)C2c2ccc(CC)cc2)c1. The predicted octanol–water partition coefficient (Wildman–Crippen LogP) is 4.02. The number of hydrogen-bond donors (Lipinski definition) is 1. The third-order valence-electron chi connectivity index (χ3n) is 5.67. The van der Waals surface area contributed by atoms with Gasteiger partial charge >= 0.3 is 0 Å². The number of aliphatic hydroxyl groups is 1. The van der Waals surface area contributed by atoms with E-state index in [1.165, 1.54) is 5.56 Å². The van der Waals surface area contributed by atoms with Crippen molar-refractivity contribution >= 4 is 17.4 Å². The number of rotatable bonds is 9. The number of ether oxygens (including phenoxy) is 1. The van der Waals surface area contributed by atoms with Gasteiger partial charge in [-0.25, -0.2) is 0 Å². The van der Waals surface area contributed by atoms with Crippen LogP contribution in [0.25, 0.3) is 5.76 Å². The lowest BCUT2D eigenvalue weighted by Gasteiger charge is -2.26. The predicted molar refractivity (Wildman–Crippen MR) is 126 cm³/mol. The monoisotopic (exact) mass is 436 g/mol. The van der Waals surface area contributed by atoms with Crippen LogP contribution in [-0.4, -0.2) is 60.4 Å².